The number of aromatic nitrogens is 5. The van der Waals surface area contributed by atoms with Crippen LogP contribution in [-0.2, 0) is 6.54 Å². The molecule has 0 saturated carbocycles. The number of hydrogen-bond acceptors (Lipinski definition) is 10. The number of rotatable bonds is 12. The standard InChI is InChI=1S/C32H37N9O3/c1-22(8-13-41-21-34-20-38-41)44-29-14-24(4-5-26(29)16-33)27-18-36-32(37-19-27)39-28-7-6-25(15-30(28)43-3)31(42)35-17-23-9-11-40(2)12-10-23/h4-7,14-15,18-23H,8-13,17H2,1-3H3,(H,35,42)(H,36,37,39)/t22-/m0/s1. The van der Waals surface area contributed by atoms with Crippen molar-refractivity contribution in [2.24, 2.45) is 5.92 Å². The topological polar surface area (TPSA) is 143 Å². The Morgan fingerprint density at radius 3 is 2.61 bits per heavy atom. The number of nitrogens with zero attached hydrogens (tertiary/aromatic N) is 7. The van der Waals surface area contributed by atoms with Gasteiger partial charge in [0.15, 0.2) is 0 Å². The molecule has 2 aromatic heterocycles. The number of anilines is 2. The van der Waals surface area contributed by atoms with Crippen molar-refractivity contribution in [2.45, 2.75) is 38.8 Å². The molecule has 1 fully saturated rings. The van der Waals surface area contributed by atoms with Crippen LogP contribution in [0.25, 0.3) is 11.1 Å². The molecule has 4 aromatic rings. The monoisotopic (exact) mass is 595 g/mol. The van der Waals surface area contributed by atoms with Gasteiger partial charge >= 0.3 is 0 Å². The van der Waals surface area contributed by atoms with Crippen LogP contribution in [0.15, 0.2) is 61.4 Å². The number of carbonyl (C=O) groups is 1. The average Bonchev–Trinajstić information content (AvgIpc) is 3.58. The zero-order valence-electron chi connectivity index (χ0n) is 25.2. The first-order valence-electron chi connectivity index (χ1n) is 14.7. The summed E-state index contributed by atoms with van der Waals surface area (Å²) in [6.07, 6.45) is 9.30. The molecule has 0 spiro atoms. The quantitative estimate of drug-likeness (QED) is 0.243. The minimum absolute atomic E-state index is 0.121. The number of ether oxygens (including phenoxy) is 2. The minimum atomic E-state index is -0.143. The van der Waals surface area contributed by atoms with Crippen molar-refractivity contribution in [3.05, 3.63) is 72.6 Å². The lowest BCUT2D eigenvalue weighted by molar-refractivity contribution is 0.0938. The Labute approximate surface area is 257 Å². The zero-order chi connectivity index (χ0) is 30.9. The largest absolute Gasteiger partial charge is 0.495 e. The molecule has 12 nitrogen and oxygen atoms in total. The Hall–Kier alpha value is -5.02. The second kappa shape index (κ2) is 14.4. The molecule has 1 amide bonds. The van der Waals surface area contributed by atoms with Crippen LogP contribution in [0.4, 0.5) is 11.6 Å². The minimum Gasteiger partial charge on any atom is -0.495 e. The summed E-state index contributed by atoms with van der Waals surface area (Å²) < 4.78 is 13.4. The van der Waals surface area contributed by atoms with Crippen LogP contribution < -0.4 is 20.1 Å². The van der Waals surface area contributed by atoms with Crippen LogP contribution in [0, 0.1) is 17.2 Å². The van der Waals surface area contributed by atoms with Crippen LogP contribution >= 0.6 is 0 Å². The maximum Gasteiger partial charge on any atom is 0.251 e. The molecule has 2 N–H and O–H groups in total. The van der Waals surface area contributed by atoms with Crippen LogP contribution in [-0.4, -0.2) is 75.4 Å². The molecule has 44 heavy (non-hydrogen) atoms. The van der Waals surface area contributed by atoms with Crippen molar-refractivity contribution in [2.75, 3.05) is 39.1 Å². The summed E-state index contributed by atoms with van der Waals surface area (Å²) in [5, 5.41) is 20.0. The van der Waals surface area contributed by atoms with Crippen molar-refractivity contribution in [3.63, 3.8) is 0 Å². The maximum atomic E-state index is 12.8. The number of amides is 1. The molecule has 3 heterocycles. The SMILES string of the molecule is COc1cc(C(=O)NCC2CCN(C)CC2)ccc1Nc1ncc(-c2ccc(C#N)c(O[C@@H](C)CCn3cncn3)c2)cn1. The van der Waals surface area contributed by atoms with E-state index in [1.165, 1.54) is 6.33 Å². The Balaban J connectivity index is 1.21. The molecule has 1 aliphatic heterocycles. The van der Waals surface area contributed by atoms with Gasteiger partial charge in [-0.1, -0.05) is 6.07 Å². The smallest absolute Gasteiger partial charge is 0.251 e. The van der Waals surface area contributed by atoms with Gasteiger partial charge in [-0.15, -0.1) is 0 Å². The number of hydrogen-bond donors (Lipinski definition) is 2. The van der Waals surface area contributed by atoms with E-state index < -0.39 is 0 Å². The van der Waals surface area contributed by atoms with E-state index >= 15 is 0 Å². The van der Waals surface area contributed by atoms with Crippen molar-refractivity contribution in [3.8, 4) is 28.7 Å². The molecule has 0 radical (unpaired) electrons. The molecular formula is C32H37N9O3. The van der Waals surface area contributed by atoms with Gasteiger partial charge in [0, 0.05) is 43.0 Å². The average molecular weight is 596 g/mol. The predicted octanol–water partition coefficient (Wildman–Crippen LogP) is 4.29. The number of nitrogens with one attached hydrogen (secondary N) is 2. The second-order valence-electron chi connectivity index (χ2n) is 11.0. The summed E-state index contributed by atoms with van der Waals surface area (Å²) >= 11 is 0. The fourth-order valence-electron chi connectivity index (χ4n) is 5.03. The van der Waals surface area contributed by atoms with E-state index in [9.17, 15) is 10.1 Å². The first-order chi connectivity index (χ1) is 21.4. The summed E-state index contributed by atoms with van der Waals surface area (Å²) in [6, 6.07) is 12.9. The van der Waals surface area contributed by atoms with E-state index in [1.807, 2.05) is 19.1 Å². The van der Waals surface area contributed by atoms with Gasteiger partial charge < -0.3 is 25.0 Å². The van der Waals surface area contributed by atoms with Gasteiger partial charge in [0.25, 0.3) is 5.91 Å². The first kappa shape index (κ1) is 30.4. The number of piperidine rings is 1. The van der Waals surface area contributed by atoms with Crippen molar-refractivity contribution in [1.29, 1.82) is 5.26 Å². The predicted molar refractivity (Wildman–Crippen MR) is 166 cm³/mol. The summed E-state index contributed by atoms with van der Waals surface area (Å²) in [5.74, 6) is 1.76. The molecule has 228 valence electrons. The summed E-state index contributed by atoms with van der Waals surface area (Å²) in [5.41, 5.74) is 3.21. The third kappa shape index (κ3) is 7.87. The highest BCUT2D eigenvalue weighted by Crippen LogP contribution is 2.30. The van der Waals surface area contributed by atoms with Crippen LogP contribution in [0.2, 0.25) is 0 Å². The lowest BCUT2D eigenvalue weighted by atomic mass is 9.97. The van der Waals surface area contributed by atoms with Crippen LogP contribution in [0.1, 0.15) is 42.1 Å². The molecule has 1 saturated heterocycles. The number of methoxy groups -OCH3 is 1. The van der Waals surface area contributed by atoms with E-state index in [4.69, 9.17) is 9.47 Å². The lowest BCUT2D eigenvalue weighted by Gasteiger charge is -2.28. The number of likely N-dealkylation sites (tertiary alicyclic amines) is 1. The van der Waals surface area contributed by atoms with Gasteiger partial charge in [0.05, 0.1) is 24.5 Å². The Morgan fingerprint density at radius 1 is 1.11 bits per heavy atom. The van der Waals surface area contributed by atoms with E-state index in [0.29, 0.717) is 59.7 Å². The van der Waals surface area contributed by atoms with Gasteiger partial charge in [-0.2, -0.15) is 10.4 Å². The van der Waals surface area contributed by atoms with Gasteiger partial charge in [0.1, 0.15) is 30.2 Å². The second-order valence-corrected chi connectivity index (χ2v) is 11.0. The molecule has 2 aromatic carbocycles. The van der Waals surface area contributed by atoms with Crippen molar-refractivity contribution in [1.82, 2.24) is 34.9 Å². The fourth-order valence-corrected chi connectivity index (χ4v) is 5.03. The fraction of sp³-hybridized carbons (Fsp3) is 0.375. The van der Waals surface area contributed by atoms with Gasteiger partial charge in [-0.25, -0.2) is 15.0 Å². The Morgan fingerprint density at radius 2 is 1.91 bits per heavy atom. The van der Waals surface area contributed by atoms with Gasteiger partial charge in [-0.3, -0.25) is 9.48 Å². The Kier molecular flexibility index (Phi) is 9.99. The highest BCUT2D eigenvalue weighted by atomic mass is 16.5. The molecule has 0 unspecified atom stereocenters. The highest BCUT2D eigenvalue weighted by molar-refractivity contribution is 5.95. The Bertz CT molecular complexity index is 1580. The summed E-state index contributed by atoms with van der Waals surface area (Å²) in [4.78, 5) is 28.0. The molecule has 0 bridgehead atoms. The molecule has 12 heteroatoms. The summed E-state index contributed by atoms with van der Waals surface area (Å²) in [6.45, 7) is 5.41. The normalized spacial score (nSPS) is 14.4. The van der Waals surface area contributed by atoms with Crippen molar-refractivity contribution >= 4 is 17.5 Å². The molecule has 5 rings (SSSR count). The van der Waals surface area contributed by atoms with Gasteiger partial charge in [0.2, 0.25) is 5.95 Å². The first-order valence-corrected chi connectivity index (χ1v) is 14.7. The number of benzene rings is 2. The third-order valence-electron chi connectivity index (χ3n) is 7.75. The van der Waals surface area contributed by atoms with Crippen LogP contribution in [0.5, 0.6) is 11.5 Å². The van der Waals surface area contributed by atoms with E-state index in [2.05, 4.69) is 48.7 Å². The van der Waals surface area contributed by atoms with Gasteiger partial charge in [-0.05, 0) is 81.7 Å². The third-order valence-corrected chi connectivity index (χ3v) is 7.75. The van der Waals surface area contributed by atoms with E-state index in [0.717, 1.165) is 37.1 Å². The lowest BCUT2D eigenvalue weighted by Crippen LogP contribution is -2.36. The van der Waals surface area contributed by atoms with Crippen molar-refractivity contribution < 1.29 is 14.3 Å². The molecule has 1 aliphatic rings. The molecule has 0 aliphatic carbocycles. The molecule has 1 atom stereocenters. The summed E-state index contributed by atoms with van der Waals surface area (Å²) in [7, 11) is 3.69. The molecular weight excluding hydrogens is 558 g/mol. The number of nitriles is 1. The zero-order valence-corrected chi connectivity index (χ0v) is 25.2. The van der Waals surface area contributed by atoms with E-state index in [1.54, 1.807) is 54.8 Å². The van der Waals surface area contributed by atoms with Crippen LogP contribution in [0.3, 0.4) is 0 Å². The number of aryl methyl sites for hydroxylation is 1. The van der Waals surface area contributed by atoms with E-state index in [-0.39, 0.29) is 12.0 Å². The number of carbonyl (C=O) groups excluding carboxylic acids is 1. The highest BCUT2D eigenvalue weighted by Gasteiger charge is 2.18. The maximum absolute atomic E-state index is 12.8.